The van der Waals surface area contributed by atoms with Crippen LogP contribution in [-0.4, -0.2) is 78.8 Å². The summed E-state index contributed by atoms with van der Waals surface area (Å²) in [6.07, 6.45) is 6.06. The number of hydrogen-bond acceptors (Lipinski definition) is 8. The van der Waals surface area contributed by atoms with Crippen LogP contribution in [0.1, 0.15) is 44.5 Å². The van der Waals surface area contributed by atoms with Crippen LogP contribution in [0.3, 0.4) is 0 Å². The number of imidazole rings is 2. The van der Waals surface area contributed by atoms with E-state index in [0.717, 1.165) is 0 Å². The van der Waals surface area contributed by atoms with E-state index in [4.69, 9.17) is 11.5 Å². The van der Waals surface area contributed by atoms with Gasteiger partial charge in [-0.15, -0.1) is 0 Å². The number of hydrogen-bond donors (Lipinski definition) is 8. The van der Waals surface area contributed by atoms with Gasteiger partial charge in [0.2, 0.25) is 23.6 Å². The molecule has 2 heterocycles. The van der Waals surface area contributed by atoms with Crippen molar-refractivity contribution < 1.29 is 29.1 Å². The summed E-state index contributed by atoms with van der Waals surface area (Å²) >= 11 is 0. The van der Waals surface area contributed by atoms with Gasteiger partial charge in [0.15, 0.2) is 0 Å². The lowest BCUT2D eigenvalue weighted by molar-refractivity contribution is -0.142. The first-order chi connectivity index (χ1) is 18.0. The molecule has 0 aromatic carbocycles. The lowest BCUT2D eigenvalue weighted by Gasteiger charge is -2.28. The van der Waals surface area contributed by atoms with Crippen LogP contribution in [0.2, 0.25) is 0 Å². The highest BCUT2D eigenvalue weighted by Gasteiger charge is 2.33. The van der Waals surface area contributed by atoms with Crippen molar-refractivity contribution in [3.63, 3.8) is 0 Å². The highest BCUT2D eigenvalue weighted by Crippen LogP contribution is 2.11. The zero-order valence-corrected chi connectivity index (χ0v) is 21.3. The van der Waals surface area contributed by atoms with Crippen molar-refractivity contribution in [1.82, 2.24) is 35.9 Å². The number of aromatic nitrogens is 4. The second kappa shape index (κ2) is 14.5. The van der Waals surface area contributed by atoms with Crippen molar-refractivity contribution in [2.75, 3.05) is 0 Å². The van der Waals surface area contributed by atoms with Crippen LogP contribution in [0.25, 0.3) is 0 Å². The Hall–Kier alpha value is -4.27. The van der Waals surface area contributed by atoms with E-state index in [1.807, 2.05) is 6.92 Å². The van der Waals surface area contributed by atoms with Crippen LogP contribution >= 0.6 is 0 Å². The molecule has 5 unspecified atom stereocenters. The Kier molecular flexibility index (Phi) is 11.4. The number of carboxylic acid groups (broad SMARTS) is 1. The fraction of sp³-hybridized carbons (Fsp3) is 0.522. The van der Waals surface area contributed by atoms with E-state index >= 15 is 0 Å². The number of amides is 4. The second-order valence-electron chi connectivity index (χ2n) is 9.01. The number of primary amides is 1. The number of aromatic amines is 2. The summed E-state index contributed by atoms with van der Waals surface area (Å²) in [5, 5.41) is 17.3. The standard InChI is InChI=1S/C23H35N9O6/c1-3-12(2)19(32-20(34)15(24)4-5-18(25)33)22(36)30-16(6-13-8-26-10-28-13)21(35)31-17(23(37)38)7-14-9-27-11-29-14/h8-12,15-17,19H,3-7,24H2,1-2H3,(H2,25,33)(H,26,28)(H,27,29)(H,30,36)(H,31,35)(H,32,34)(H,37,38). The van der Waals surface area contributed by atoms with Crippen LogP contribution in [0.15, 0.2) is 25.0 Å². The van der Waals surface area contributed by atoms with Crippen molar-refractivity contribution in [2.24, 2.45) is 17.4 Å². The molecule has 10 N–H and O–H groups in total. The van der Waals surface area contributed by atoms with Gasteiger partial charge in [0.25, 0.3) is 0 Å². The maximum absolute atomic E-state index is 13.3. The smallest absolute Gasteiger partial charge is 0.326 e. The molecule has 2 rings (SSSR count). The molecule has 0 bridgehead atoms. The molecule has 0 radical (unpaired) electrons. The number of carbonyl (C=O) groups excluding carboxylic acids is 4. The highest BCUT2D eigenvalue weighted by atomic mass is 16.4. The Balaban J connectivity index is 2.19. The van der Waals surface area contributed by atoms with Gasteiger partial charge in [0.05, 0.1) is 18.7 Å². The van der Waals surface area contributed by atoms with Gasteiger partial charge in [0.1, 0.15) is 18.1 Å². The largest absolute Gasteiger partial charge is 0.480 e. The molecule has 15 nitrogen and oxygen atoms in total. The number of carboxylic acids is 1. The number of nitrogens with one attached hydrogen (secondary N) is 5. The molecule has 4 amide bonds. The summed E-state index contributed by atoms with van der Waals surface area (Å²) in [6, 6.07) is -4.61. The van der Waals surface area contributed by atoms with Gasteiger partial charge in [-0.25, -0.2) is 14.8 Å². The molecular formula is C23H35N9O6. The minimum absolute atomic E-state index is 0.00771. The summed E-state index contributed by atoms with van der Waals surface area (Å²) < 4.78 is 0. The summed E-state index contributed by atoms with van der Waals surface area (Å²) in [5.41, 5.74) is 12.0. The maximum atomic E-state index is 13.3. The molecule has 208 valence electrons. The third kappa shape index (κ3) is 9.31. The molecule has 0 aliphatic heterocycles. The van der Waals surface area contributed by atoms with E-state index in [1.54, 1.807) is 6.92 Å². The van der Waals surface area contributed by atoms with Crippen LogP contribution in [0.4, 0.5) is 0 Å². The molecule has 5 atom stereocenters. The topological polar surface area (TPSA) is 251 Å². The maximum Gasteiger partial charge on any atom is 0.326 e. The van der Waals surface area contributed by atoms with Crippen LogP contribution < -0.4 is 27.4 Å². The number of nitrogens with zero attached hydrogens (tertiary/aromatic N) is 2. The molecule has 2 aromatic rings. The molecule has 15 heteroatoms. The minimum Gasteiger partial charge on any atom is -0.480 e. The van der Waals surface area contributed by atoms with Gasteiger partial charge in [-0.3, -0.25) is 19.2 Å². The predicted octanol–water partition coefficient (Wildman–Crippen LogP) is -1.90. The van der Waals surface area contributed by atoms with E-state index < -0.39 is 53.8 Å². The number of aliphatic carboxylic acids is 1. The quantitative estimate of drug-likeness (QED) is 0.120. The summed E-state index contributed by atoms with van der Waals surface area (Å²) in [7, 11) is 0. The Morgan fingerprint density at radius 2 is 1.47 bits per heavy atom. The van der Waals surface area contributed by atoms with Gasteiger partial charge < -0.3 is 42.5 Å². The second-order valence-corrected chi connectivity index (χ2v) is 9.01. The van der Waals surface area contributed by atoms with Gasteiger partial charge in [-0.1, -0.05) is 20.3 Å². The SMILES string of the molecule is CCC(C)C(NC(=O)C(N)CCC(N)=O)C(=O)NC(Cc1cnc[nH]1)C(=O)NC(Cc1cnc[nH]1)C(=O)O. The van der Waals surface area contributed by atoms with Crippen LogP contribution in [-0.2, 0) is 36.8 Å². The van der Waals surface area contributed by atoms with Crippen molar-refractivity contribution in [1.29, 1.82) is 0 Å². The van der Waals surface area contributed by atoms with Gasteiger partial charge in [-0.05, 0) is 12.3 Å². The Morgan fingerprint density at radius 1 is 0.921 bits per heavy atom. The van der Waals surface area contributed by atoms with Gasteiger partial charge in [-0.2, -0.15) is 0 Å². The number of rotatable bonds is 16. The normalized spacial score (nSPS) is 14.9. The van der Waals surface area contributed by atoms with E-state index in [0.29, 0.717) is 17.8 Å². The van der Waals surface area contributed by atoms with E-state index in [1.165, 1.54) is 25.0 Å². The summed E-state index contributed by atoms with van der Waals surface area (Å²) in [6.45, 7) is 3.57. The Bertz CT molecular complexity index is 1070. The van der Waals surface area contributed by atoms with Crippen molar-refractivity contribution in [3.8, 4) is 0 Å². The molecule has 0 aliphatic carbocycles. The van der Waals surface area contributed by atoms with E-state index in [9.17, 15) is 29.1 Å². The molecule has 2 aromatic heterocycles. The fourth-order valence-corrected chi connectivity index (χ4v) is 3.57. The predicted molar refractivity (Wildman–Crippen MR) is 134 cm³/mol. The van der Waals surface area contributed by atoms with Crippen LogP contribution in [0, 0.1) is 5.92 Å². The molecule has 0 saturated heterocycles. The third-order valence-corrected chi connectivity index (χ3v) is 6.04. The highest BCUT2D eigenvalue weighted by molar-refractivity contribution is 5.94. The first-order valence-corrected chi connectivity index (χ1v) is 12.1. The Labute approximate surface area is 218 Å². The average molecular weight is 534 g/mol. The van der Waals surface area contributed by atoms with Crippen molar-refractivity contribution in [2.45, 2.75) is 70.1 Å². The first-order valence-electron chi connectivity index (χ1n) is 12.1. The molecule has 38 heavy (non-hydrogen) atoms. The van der Waals surface area contributed by atoms with Gasteiger partial charge >= 0.3 is 5.97 Å². The number of carbonyl (C=O) groups is 5. The first kappa shape index (κ1) is 30.0. The lowest BCUT2D eigenvalue weighted by atomic mass is 9.96. The number of H-pyrrole nitrogens is 2. The van der Waals surface area contributed by atoms with Crippen LogP contribution in [0.5, 0.6) is 0 Å². The lowest BCUT2D eigenvalue weighted by Crippen LogP contribution is -2.59. The third-order valence-electron chi connectivity index (χ3n) is 6.04. The van der Waals surface area contributed by atoms with Crippen molar-refractivity contribution in [3.05, 3.63) is 36.4 Å². The molecule has 0 aliphatic rings. The van der Waals surface area contributed by atoms with Gasteiger partial charge in [0, 0.05) is 43.0 Å². The average Bonchev–Trinajstić information content (AvgIpc) is 3.58. The minimum atomic E-state index is -1.29. The fourth-order valence-electron chi connectivity index (χ4n) is 3.57. The summed E-state index contributed by atoms with van der Waals surface area (Å²) in [4.78, 5) is 75.3. The molecule has 0 fully saturated rings. The zero-order valence-electron chi connectivity index (χ0n) is 21.3. The summed E-state index contributed by atoms with van der Waals surface area (Å²) in [5.74, 6) is -4.27. The van der Waals surface area contributed by atoms with E-state index in [2.05, 4.69) is 35.9 Å². The van der Waals surface area contributed by atoms with Crippen molar-refractivity contribution >= 4 is 29.6 Å². The number of nitrogens with two attached hydrogens (primary N) is 2. The molecular weight excluding hydrogens is 498 g/mol. The zero-order chi connectivity index (χ0) is 28.2. The van der Waals surface area contributed by atoms with E-state index in [-0.39, 0.29) is 31.6 Å². The molecule has 0 spiro atoms. The monoisotopic (exact) mass is 533 g/mol. The Morgan fingerprint density at radius 3 is 1.95 bits per heavy atom. The molecule has 0 saturated carbocycles.